The van der Waals surface area contributed by atoms with E-state index >= 15 is 0 Å². The fourth-order valence-corrected chi connectivity index (χ4v) is 2.96. The van der Waals surface area contributed by atoms with Crippen LogP contribution in [-0.4, -0.2) is 41.3 Å². The van der Waals surface area contributed by atoms with Crippen molar-refractivity contribution in [3.8, 4) is 17.6 Å². The van der Waals surface area contributed by atoms with Crippen LogP contribution in [-0.2, 0) is 17.5 Å². The third-order valence-electron chi connectivity index (χ3n) is 4.08. The van der Waals surface area contributed by atoms with Crippen LogP contribution >= 0.6 is 11.6 Å². The Labute approximate surface area is 191 Å². The van der Waals surface area contributed by atoms with Crippen molar-refractivity contribution >= 4 is 17.5 Å². The summed E-state index contributed by atoms with van der Waals surface area (Å²) in [5.74, 6) is -1.22. The summed E-state index contributed by atoms with van der Waals surface area (Å²) < 4.78 is 51.5. The molecule has 0 amide bonds. The van der Waals surface area contributed by atoms with Gasteiger partial charge in [0.2, 0.25) is 11.6 Å². The maximum absolute atomic E-state index is 13.5. The smallest absolute Gasteiger partial charge is 0.437 e. The molecule has 174 valence electrons. The van der Waals surface area contributed by atoms with Gasteiger partial charge in [-0.3, -0.25) is 14.4 Å². The molecule has 0 bridgehead atoms. The Morgan fingerprint density at radius 2 is 2.12 bits per heavy atom. The zero-order valence-electron chi connectivity index (χ0n) is 17.5. The number of hydrogen-bond donors (Lipinski definition) is 1. The van der Waals surface area contributed by atoms with E-state index in [1.165, 1.54) is 26.3 Å². The molecule has 1 aromatic heterocycles. The fourth-order valence-electron chi connectivity index (χ4n) is 2.73. The predicted molar refractivity (Wildman–Crippen MR) is 114 cm³/mol. The number of nitriles is 1. The van der Waals surface area contributed by atoms with Gasteiger partial charge in [0, 0.05) is 17.6 Å². The minimum atomic E-state index is -4.99. The fraction of sp³-hybridized carbons (Fsp3) is 0.238. The number of alkyl halides is 3. The Hall–Kier alpha value is -3.62. The number of allylic oxidation sites excluding steroid dienone is 2. The molecule has 0 fully saturated rings. The van der Waals surface area contributed by atoms with E-state index in [-0.39, 0.29) is 39.9 Å². The number of methoxy groups -OCH3 is 1. The molecule has 0 atom stereocenters. The summed E-state index contributed by atoms with van der Waals surface area (Å²) in [6.45, 7) is 3.02. The number of nitrogens with zero attached hydrogens (tertiary/aromatic N) is 4. The van der Waals surface area contributed by atoms with E-state index < -0.39 is 29.8 Å². The standard InChI is InChI=1S/C21H18ClF3N4O4/c1-12(4-14(10-30)19(27-2)32-3)9-29-11-28-18(21(23,24)25)17(20(29)31)33-16-6-13(8-26)5-15(22)7-16/h4-7,11,30H,1,9-10H2,2-3H3/b14-4-,27-19?. The first-order chi connectivity index (χ1) is 15.5. The summed E-state index contributed by atoms with van der Waals surface area (Å²) >= 11 is 5.87. The minimum absolute atomic E-state index is 0.0249. The van der Waals surface area contributed by atoms with E-state index in [1.54, 1.807) is 6.07 Å². The van der Waals surface area contributed by atoms with Crippen LogP contribution in [0, 0.1) is 11.3 Å². The number of benzene rings is 1. The second-order valence-corrected chi connectivity index (χ2v) is 6.90. The van der Waals surface area contributed by atoms with Crippen molar-refractivity contribution in [3.63, 3.8) is 0 Å². The lowest BCUT2D eigenvalue weighted by atomic mass is 10.1. The van der Waals surface area contributed by atoms with Gasteiger partial charge < -0.3 is 14.6 Å². The van der Waals surface area contributed by atoms with Crippen LogP contribution in [0.3, 0.4) is 0 Å². The number of rotatable bonds is 7. The Kier molecular flexibility index (Phi) is 8.39. The first-order valence-electron chi connectivity index (χ1n) is 9.09. The third kappa shape index (κ3) is 6.44. The highest BCUT2D eigenvalue weighted by atomic mass is 35.5. The Morgan fingerprint density at radius 3 is 2.67 bits per heavy atom. The number of aliphatic hydroxyl groups is 1. The summed E-state index contributed by atoms with van der Waals surface area (Å²) in [6, 6.07) is 5.36. The van der Waals surface area contributed by atoms with Crippen molar-refractivity contribution in [2.24, 2.45) is 4.99 Å². The van der Waals surface area contributed by atoms with Crippen molar-refractivity contribution in [1.82, 2.24) is 9.55 Å². The van der Waals surface area contributed by atoms with Gasteiger partial charge in [0.25, 0.3) is 5.56 Å². The maximum atomic E-state index is 13.5. The quantitative estimate of drug-likeness (QED) is 0.366. The van der Waals surface area contributed by atoms with Gasteiger partial charge in [-0.15, -0.1) is 0 Å². The molecule has 2 aromatic rings. The molecule has 0 aliphatic rings. The van der Waals surface area contributed by atoms with Crippen molar-refractivity contribution in [1.29, 1.82) is 5.26 Å². The molecule has 0 aliphatic heterocycles. The molecule has 8 nitrogen and oxygen atoms in total. The maximum Gasteiger partial charge on any atom is 0.437 e. The van der Waals surface area contributed by atoms with Gasteiger partial charge in [-0.2, -0.15) is 18.4 Å². The van der Waals surface area contributed by atoms with E-state index in [1.807, 2.05) is 0 Å². The molecule has 1 aromatic carbocycles. The number of ether oxygens (including phenoxy) is 2. The van der Waals surface area contributed by atoms with Crippen molar-refractivity contribution in [3.05, 3.63) is 75.0 Å². The normalized spacial score (nSPS) is 12.3. The van der Waals surface area contributed by atoms with Crippen LogP contribution in [0.25, 0.3) is 0 Å². The zero-order valence-corrected chi connectivity index (χ0v) is 18.2. The molecule has 33 heavy (non-hydrogen) atoms. The summed E-state index contributed by atoms with van der Waals surface area (Å²) in [4.78, 5) is 20.0. The molecule has 12 heteroatoms. The minimum Gasteiger partial charge on any atom is -0.481 e. The molecular formula is C21H18ClF3N4O4. The lowest BCUT2D eigenvalue weighted by molar-refractivity contribution is -0.142. The van der Waals surface area contributed by atoms with Gasteiger partial charge in [-0.1, -0.05) is 18.2 Å². The Balaban J connectivity index is 2.52. The van der Waals surface area contributed by atoms with E-state index in [0.717, 1.165) is 16.7 Å². The molecular weight excluding hydrogens is 465 g/mol. The average molecular weight is 483 g/mol. The number of halogens is 4. The summed E-state index contributed by atoms with van der Waals surface area (Å²) in [6.07, 6.45) is -2.90. The predicted octanol–water partition coefficient (Wildman–Crippen LogP) is 3.73. The average Bonchev–Trinajstić information content (AvgIpc) is 2.75. The zero-order chi connectivity index (χ0) is 24.8. The summed E-state index contributed by atoms with van der Waals surface area (Å²) in [5, 5.41) is 18.6. The van der Waals surface area contributed by atoms with Crippen molar-refractivity contribution in [2.45, 2.75) is 12.7 Å². The van der Waals surface area contributed by atoms with Crippen LogP contribution in [0.2, 0.25) is 5.02 Å². The Morgan fingerprint density at radius 1 is 1.42 bits per heavy atom. The molecule has 0 saturated carbocycles. The van der Waals surface area contributed by atoms with Crippen LogP contribution in [0.4, 0.5) is 13.2 Å². The van der Waals surface area contributed by atoms with E-state index in [0.29, 0.717) is 6.33 Å². The van der Waals surface area contributed by atoms with Crippen LogP contribution in [0.15, 0.2) is 58.1 Å². The van der Waals surface area contributed by atoms with E-state index in [4.69, 9.17) is 26.3 Å². The highest BCUT2D eigenvalue weighted by Gasteiger charge is 2.38. The number of aliphatic hydroxyl groups excluding tert-OH is 1. The molecule has 0 spiro atoms. The van der Waals surface area contributed by atoms with E-state index in [2.05, 4.69) is 16.6 Å². The lowest BCUT2D eigenvalue weighted by Gasteiger charge is -2.15. The van der Waals surface area contributed by atoms with E-state index in [9.17, 15) is 23.1 Å². The number of aliphatic imine (C=N–C) groups is 1. The molecule has 1 heterocycles. The first kappa shape index (κ1) is 25.6. The monoisotopic (exact) mass is 482 g/mol. The summed E-state index contributed by atoms with van der Waals surface area (Å²) in [7, 11) is 2.78. The molecule has 1 N–H and O–H groups in total. The lowest BCUT2D eigenvalue weighted by Crippen LogP contribution is -2.26. The van der Waals surface area contributed by atoms with Crippen molar-refractivity contribution < 1.29 is 27.8 Å². The van der Waals surface area contributed by atoms with Gasteiger partial charge in [0.05, 0.1) is 38.2 Å². The second-order valence-electron chi connectivity index (χ2n) is 6.46. The molecule has 0 radical (unpaired) electrons. The largest absolute Gasteiger partial charge is 0.481 e. The van der Waals surface area contributed by atoms with Crippen LogP contribution < -0.4 is 10.3 Å². The van der Waals surface area contributed by atoms with Gasteiger partial charge in [0.15, 0.2) is 5.69 Å². The van der Waals surface area contributed by atoms with Gasteiger partial charge in [-0.25, -0.2) is 4.98 Å². The first-order valence-corrected chi connectivity index (χ1v) is 9.47. The van der Waals surface area contributed by atoms with Gasteiger partial charge >= 0.3 is 6.18 Å². The van der Waals surface area contributed by atoms with Crippen LogP contribution in [0.5, 0.6) is 11.5 Å². The third-order valence-corrected chi connectivity index (χ3v) is 4.30. The molecule has 2 rings (SSSR count). The SMILES string of the molecule is C=C(/C=C(/CO)C(=NC)OC)Cn1cnc(C(F)(F)F)c(Oc2cc(Cl)cc(C#N)c2)c1=O. The summed E-state index contributed by atoms with van der Waals surface area (Å²) in [5.41, 5.74) is -2.18. The highest BCUT2D eigenvalue weighted by Crippen LogP contribution is 2.35. The Bertz CT molecular complexity index is 1210. The highest BCUT2D eigenvalue weighted by molar-refractivity contribution is 6.30. The molecule has 0 saturated heterocycles. The van der Waals surface area contributed by atoms with Crippen LogP contribution in [0.1, 0.15) is 11.3 Å². The molecule has 0 unspecified atom stereocenters. The second kappa shape index (κ2) is 10.8. The number of aromatic nitrogens is 2. The molecule has 0 aliphatic carbocycles. The van der Waals surface area contributed by atoms with Crippen molar-refractivity contribution in [2.75, 3.05) is 20.8 Å². The van der Waals surface area contributed by atoms with Gasteiger partial charge in [0.1, 0.15) is 5.75 Å². The topological polar surface area (TPSA) is 110 Å². The van der Waals surface area contributed by atoms with Gasteiger partial charge in [-0.05, 0) is 29.8 Å². The number of hydrogen-bond acceptors (Lipinski definition) is 7.